The summed E-state index contributed by atoms with van der Waals surface area (Å²) in [6.07, 6.45) is 1.31. The highest BCUT2D eigenvalue weighted by Crippen LogP contribution is 2.07. The smallest absolute Gasteiger partial charge is 0.325 e. The fourth-order valence-electron chi connectivity index (χ4n) is 2.07. The quantitative estimate of drug-likeness (QED) is 0.370. The predicted molar refractivity (Wildman–Crippen MR) is 94.4 cm³/mol. The average Bonchev–Trinajstić information content (AvgIpc) is 2.56. The van der Waals surface area contributed by atoms with E-state index in [1.165, 1.54) is 0 Å². The van der Waals surface area contributed by atoms with E-state index in [1.807, 2.05) is 60.7 Å². The van der Waals surface area contributed by atoms with Crippen LogP contribution in [0.5, 0.6) is 0 Å². The van der Waals surface area contributed by atoms with Gasteiger partial charge in [-0.25, -0.2) is 0 Å². The van der Waals surface area contributed by atoms with Crippen molar-refractivity contribution in [1.29, 1.82) is 0 Å². The van der Waals surface area contributed by atoms with Crippen molar-refractivity contribution in [3.05, 3.63) is 71.8 Å². The van der Waals surface area contributed by atoms with Gasteiger partial charge in [0.1, 0.15) is 6.04 Å². The van der Waals surface area contributed by atoms with Crippen molar-refractivity contribution in [2.24, 2.45) is 0 Å². The van der Waals surface area contributed by atoms with Gasteiger partial charge < -0.3 is 16.2 Å². The Hall–Kier alpha value is -2.82. The van der Waals surface area contributed by atoms with Gasteiger partial charge in [-0.05, 0) is 29.9 Å². The fraction of sp³-hybridized carbons (Fsp3) is 0.118. The molecule has 0 fully saturated rings. The van der Waals surface area contributed by atoms with E-state index in [0.29, 0.717) is 11.5 Å². The number of Topliss-reactive ketones (excluding diaryl/α,β-unsaturated/α-hetero) is 1. The third kappa shape index (κ3) is 5.47. The zero-order chi connectivity index (χ0) is 16.5. The number of hydrogen-bond acceptors (Lipinski definition) is 2. The molecule has 0 aromatic heterocycles. The lowest BCUT2D eigenvalue weighted by atomic mass is 10.0. The number of benzene rings is 2. The molecule has 5 nitrogen and oxygen atoms in total. The Kier molecular flexibility index (Phi) is 6.17. The summed E-state index contributed by atoms with van der Waals surface area (Å²) in [6.45, 7) is 0. The van der Waals surface area contributed by atoms with E-state index in [4.69, 9.17) is 17.7 Å². The second kappa shape index (κ2) is 8.58. The molecule has 0 aliphatic rings. The third-order valence-electron chi connectivity index (χ3n) is 3.15. The molecule has 0 heterocycles. The largest absolute Gasteiger partial charge is 0.361 e. The number of anilines is 1. The zero-order valence-corrected chi connectivity index (χ0v) is 13.2. The van der Waals surface area contributed by atoms with Crippen molar-refractivity contribution in [3.63, 3.8) is 0 Å². The van der Waals surface area contributed by atoms with Gasteiger partial charge in [0, 0.05) is 12.1 Å². The van der Waals surface area contributed by atoms with Crippen LogP contribution in [0.2, 0.25) is 0 Å². The van der Waals surface area contributed by atoms with Gasteiger partial charge in [0.25, 0.3) is 5.78 Å². The molecule has 0 unspecified atom stereocenters. The molecule has 0 saturated carbocycles. The van der Waals surface area contributed by atoms with Crippen molar-refractivity contribution in [2.75, 3.05) is 5.32 Å². The van der Waals surface area contributed by atoms with Crippen LogP contribution in [0.1, 0.15) is 5.56 Å². The summed E-state index contributed by atoms with van der Waals surface area (Å²) < 4.78 is 0. The summed E-state index contributed by atoms with van der Waals surface area (Å²) in [4.78, 5) is 14.9. The number of carbonyl (C=O) groups excluding carboxylic acids is 1. The summed E-state index contributed by atoms with van der Waals surface area (Å²) in [5.74, 6) is -0.353. The van der Waals surface area contributed by atoms with Crippen LogP contribution in [-0.4, -0.2) is 27.9 Å². The van der Waals surface area contributed by atoms with E-state index in [2.05, 4.69) is 15.4 Å². The van der Waals surface area contributed by atoms with E-state index in [9.17, 15) is 4.79 Å². The molecular weight excluding hydrogens is 308 g/mol. The Bertz CT molecular complexity index is 712. The van der Waals surface area contributed by atoms with Crippen LogP contribution in [0.15, 0.2) is 60.7 Å². The highest BCUT2D eigenvalue weighted by molar-refractivity contribution is 7.80. The van der Waals surface area contributed by atoms with Crippen LogP contribution >= 0.6 is 12.2 Å². The molecule has 6 heteroatoms. The summed E-state index contributed by atoms with van der Waals surface area (Å²) in [6, 6.07) is 18.4. The van der Waals surface area contributed by atoms with Crippen molar-refractivity contribution in [3.8, 4) is 0 Å². The maximum Gasteiger partial charge on any atom is 0.325 e. The zero-order valence-electron chi connectivity index (χ0n) is 12.3. The summed E-state index contributed by atoms with van der Waals surface area (Å²) in [5.41, 5.74) is 10.4. The first kappa shape index (κ1) is 16.5. The van der Waals surface area contributed by atoms with E-state index in [1.54, 1.807) is 0 Å². The number of thiocarbonyl (C=S) groups is 1. The Morgan fingerprint density at radius 3 is 2.35 bits per heavy atom. The normalized spacial score (nSPS) is 11.0. The maximum atomic E-state index is 12.1. The Labute approximate surface area is 140 Å². The molecule has 1 atom stereocenters. The average molecular weight is 324 g/mol. The molecule has 2 N–H and O–H groups in total. The van der Waals surface area contributed by atoms with Gasteiger partial charge in [-0.15, -0.1) is 0 Å². The minimum Gasteiger partial charge on any atom is -0.361 e. The Morgan fingerprint density at radius 1 is 1.13 bits per heavy atom. The molecule has 2 aromatic carbocycles. The van der Waals surface area contributed by atoms with Crippen LogP contribution in [0, 0.1) is 0 Å². The highest BCUT2D eigenvalue weighted by atomic mass is 32.1. The Balaban J connectivity index is 2.06. The second-order valence-electron chi connectivity index (χ2n) is 4.85. The first-order chi connectivity index (χ1) is 11.2. The standard InChI is InChI=1S/C17H16N4OS/c18-19-12-16(22)15(11-13-7-3-1-4-8-13)21-17(23)20-14-9-5-2-6-10-14/h1-10,12,15H,11H2,(H2,20,21,23)/t15-/m1/s1. The molecule has 0 aliphatic heterocycles. The Morgan fingerprint density at radius 2 is 1.74 bits per heavy atom. The maximum absolute atomic E-state index is 12.1. The van der Waals surface area contributed by atoms with Crippen molar-refractivity contribution < 1.29 is 9.58 Å². The van der Waals surface area contributed by atoms with E-state index in [-0.39, 0.29) is 5.78 Å². The van der Waals surface area contributed by atoms with Crippen LogP contribution in [0.25, 0.3) is 5.53 Å². The number of rotatable bonds is 6. The number of nitrogens with zero attached hydrogens (tertiary/aromatic N) is 2. The number of para-hydroxylation sites is 1. The number of nitrogens with one attached hydrogen (secondary N) is 2. The topological polar surface area (TPSA) is 77.5 Å². The molecule has 2 rings (SSSR count). The number of hydrogen-bond donors (Lipinski definition) is 2. The van der Waals surface area contributed by atoms with E-state index in [0.717, 1.165) is 17.5 Å². The summed E-state index contributed by atoms with van der Waals surface area (Å²) in [5, 5.41) is 6.31. The molecule has 0 saturated heterocycles. The van der Waals surface area contributed by atoms with Gasteiger partial charge in [-0.3, -0.25) is 4.79 Å². The van der Waals surface area contributed by atoms with Crippen LogP contribution in [-0.2, 0) is 11.2 Å². The van der Waals surface area contributed by atoms with Gasteiger partial charge in [-0.2, -0.15) is 4.79 Å². The molecule has 116 valence electrons. The van der Waals surface area contributed by atoms with Crippen molar-refractivity contribution in [2.45, 2.75) is 12.5 Å². The lowest BCUT2D eigenvalue weighted by molar-refractivity contribution is -0.117. The first-order valence-corrected chi connectivity index (χ1v) is 7.47. The van der Waals surface area contributed by atoms with Gasteiger partial charge in [0.2, 0.25) is 0 Å². The molecule has 2 aromatic rings. The molecular formula is C17H16N4OS. The fourth-order valence-corrected chi connectivity index (χ4v) is 2.33. The summed E-state index contributed by atoms with van der Waals surface area (Å²) >= 11 is 5.25. The van der Waals surface area contributed by atoms with Crippen LogP contribution < -0.4 is 10.6 Å². The molecule has 23 heavy (non-hydrogen) atoms. The minimum atomic E-state index is -0.614. The third-order valence-corrected chi connectivity index (χ3v) is 3.37. The van der Waals surface area contributed by atoms with Gasteiger partial charge >= 0.3 is 6.21 Å². The molecule has 0 spiro atoms. The van der Waals surface area contributed by atoms with Gasteiger partial charge in [0.15, 0.2) is 5.11 Å². The highest BCUT2D eigenvalue weighted by Gasteiger charge is 2.21. The predicted octanol–water partition coefficient (Wildman–Crippen LogP) is 2.45. The van der Waals surface area contributed by atoms with Gasteiger partial charge in [0.05, 0.1) is 0 Å². The van der Waals surface area contributed by atoms with Crippen LogP contribution in [0.3, 0.4) is 0 Å². The molecule has 0 radical (unpaired) electrons. The molecule has 0 amide bonds. The van der Waals surface area contributed by atoms with E-state index < -0.39 is 6.04 Å². The molecule has 0 aliphatic carbocycles. The lowest BCUT2D eigenvalue weighted by Crippen LogP contribution is -2.44. The SMILES string of the molecule is [N-]=[N+]=CC(=O)[C@@H](Cc1ccccc1)NC(=S)Nc1ccccc1. The number of carbonyl (C=O) groups is 1. The minimum absolute atomic E-state index is 0.330. The van der Waals surface area contributed by atoms with Crippen LogP contribution in [0.4, 0.5) is 5.69 Å². The van der Waals surface area contributed by atoms with Crippen molar-refractivity contribution >= 4 is 35.0 Å². The van der Waals surface area contributed by atoms with E-state index >= 15 is 0 Å². The second-order valence-corrected chi connectivity index (χ2v) is 5.26. The molecule has 0 bridgehead atoms. The number of ketones is 1. The van der Waals surface area contributed by atoms with Gasteiger partial charge in [-0.1, -0.05) is 48.5 Å². The monoisotopic (exact) mass is 324 g/mol. The van der Waals surface area contributed by atoms with Crippen molar-refractivity contribution in [1.82, 2.24) is 5.32 Å². The first-order valence-electron chi connectivity index (χ1n) is 7.07. The lowest BCUT2D eigenvalue weighted by Gasteiger charge is -2.17. The summed E-state index contributed by atoms with van der Waals surface area (Å²) in [7, 11) is 0.